The maximum Gasteiger partial charge on any atom is 0.137 e. The number of hydrogen-bond acceptors (Lipinski definition) is 5. The molecule has 0 aliphatic carbocycles. The van der Waals surface area contributed by atoms with E-state index in [0.29, 0.717) is 43.4 Å². The molecule has 20 heavy (non-hydrogen) atoms. The molecule has 1 fully saturated rings. The van der Waals surface area contributed by atoms with E-state index in [4.69, 9.17) is 16.3 Å². The van der Waals surface area contributed by atoms with Crippen molar-refractivity contribution in [1.29, 1.82) is 0 Å². The molecule has 2 N–H and O–H groups in total. The van der Waals surface area contributed by atoms with Gasteiger partial charge in [-0.1, -0.05) is 11.6 Å². The first-order valence-corrected chi connectivity index (χ1v) is 6.98. The maximum absolute atomic E-state index is 10.4. The van der Waals surface area contributed by atoms with Crippen molar-refractivity contribution >= 4 is 28.3 Å². The molecular formula is C14H16ClN3O2. The van der Waals surface area contributed by atoms with Gasteiger partial charge in [-0.2, -0.15) is 0 Å². The Morgan fingerprint density at radius 1 is 1.30 bits per heavy atom. The van der Waals surface area contributed by atoms with Crippen molar-refractivity contribution in [2.75, 3.05) is 25.1 Å². The second-order valence-corrected chi connectivity index (χ2v) is 5.51. The summed E-state index contributed by atoms with van der Waals surface area (Å²) in [5, 5.41) is 15.2. The minimum Gasteiger partial charge on any atom is -0.388 e. The molecule has 0 unspecified atom stereocenters. The second kappa shape index (κ2) is 5.52. The number of benzene rings is 1. The largest absolute Gasteiger partial charge is 0.388 e. The van der Waals surface area contributed by atoms with Crippen LogP contribution in [0.1, 0.15) is 12.8 Å². The lowest BCUT2D eigenvalue weighted by molar-refractivity contribution is -0.0543. The lowest BCUT2D eigenvalue weighted by atomic mass is 9.94. The molecule has 0 spiro atoms. The molecule has 1 aliphatic rings. The molecule has 106 valence electrons. The Morgan fingerprint density at radius 2 is 2.10 bits per heavy atom. The molecule has 3 rings (SSSR count). The zero-order valence-electron chi connectivity index (χ0n) is 11.0. The monoisotopic (exact) mass is 293 g/mol. The Labute approximate surface area is 121 Å². The van der Waals surface area contributed by atoms with Crippen molar-refractivity contribution in [3.63, 3.8) is 0 Å². The lowest BCUT2D eigenvalue weighted by Crippen LogP contribution is -2.42. The second-order valence-electron chi connectivity index (χ2n) is 5.07. The van der Waals surface area contributed by atoms with Crippen molar-refractivity contribution in [2.24, 2.45) is 0 Å². The molecule has 5 nitrogen and oxygen atoms in total. The Hall–Kier alpha value is -1.43. The first-order valence-electron chi connectivity index (χ1n) is 6.61. The van der Waals surface area contributed by atoms with Gasteiger partial charge in [0.25, 0.3) is 0 Å². The number of aliphatic hydroxyl groups is 1. The lowest BCUT2D eigenvalue weighted by Gasteiger charge is -2.32. The van der Waals surface area contributed by atoms with Crippen LogP contribution in [0.5, 0.6) is 0 Å². The van der Waals surface area contributed by atoms with Crippen LogP contribution in [0.15, 0.2) is 24.5 Å². The summed E-state index contributed by atoms with van der Waals surface area (Å²) in [4.78, 5) is 8.44. The predicted molar refractivity (Wildman–Crippen MR) is 78.0 cm³/mol. The molecule has 1 aliphatic heterocycles. The summed E-state index contributed by atoms with van der Waals surface area (Å²) in [5.41, 5.74) is 0.0519. The third-order valence-corrected chi connectivity index (χ3v) is 3.84. The van der Waals surface area contributed by atoms with Crippen LogP contribution in [0.25, 0.3) is 10.9 Å². The Bertz CT molecular complexity index is 614. The molecule has 1 aromatic carbocycles. The molecule has 0 atom stereocenters. The maximum atomic E-state index is 10.4. The minimum atomic E-state index is -0.734. The SMILES string of the molecule is OC1(CNc2ncnc3cc(Cl)ccc23)CCOCC1. The number of nitrogens with zero attached hydrogens (tertiary/aromatic N) is 2. The summed E-state index contributed by atoms with van der Waals surface area (Å²) in [5.74, 6) is 0.714. The average molecular weight is 294 g/mol. The third-order valence-electron chi connectivity index (χ3n) is 3.61. The van der Waals surface area contributed by atoms with E-state index in [9.17, 15) is 5.11 Å². The Kier molecular flexibility index (Phi) is 3.74. The molecule has 0 saturated carbocycles. The van der Waals surface area contributed by atoms with Crippen molar-refractivity contribution in [1.82, 2.24) is 9.97 Å². The third kappa shape index (κ3) is 2.85. The number of hydrogen-bond donors (Lipinski definition) is 2. The molecule has 6 heteroatoms. The number of aromatic nitrogens is 2. The van der Waals surface area contributed by atoms with Crippen molar-refractivity contribution < 1.29 is 9.84 Å². The first kappa shape index (κ1) is 13.5. The Morgan fingerprint density at radius 3 is 2.90 bits per heavy atom. The molecule has 0 amide bonds. The quantitative estimate of drug-likeness (QED) is 0.908. The predicted octanol–water partition coefficient (Wildman–Crippen LogP) is 2.24. The minimum absolute atomic E-state index is 0.450. The van der Waals surface area contributed by atoms with Crippen LogP contribution in [-0.2, 0) is 4.74 Å². The highest BCUT2D eigenvalue weighted by Crippen LogP contribution is 2.25. The highest BCUT2D eigenvalue weighted by atomic mass is 35.5. The van der Waals surface area contributed by atoms with Gasteiger partial charge in [0.2, 0.25) is 0 Å². The van der Waals surface area contributed by atoms with Gasteiger partial charge in [0.1, 0.15) is 12.1 Å². The van der Waals surface area contributed by atoms with E-state index in [-0.39, 0.29) is 0 Å². The van der Waals surface area contributed by atoms with Crippen LogP contribution in [0.2, 0.25) is 5.02 Å². The van der Waals surface area contributed by atoms with E-state index in [2.05, 4.69) is 15.3 Å². The van der Waals surface area contributed by atoms with Crippen LogP contribution < -0.4 is 5.32 Å². The van der Waals surface area contributed by atoms with Crippen LogP contribution in [0.4, 0.5) is 5.82 Å². The van der Waals surface area contributed by atoms with Crippen LogP contribution >= 0.6 is 11.6 Å². The molecule has 1 aromatic heterocycles. The van der Waals surface area contributed by atoms with Gasteiger partial charge in [0, 0.05) is 43.0 Å². The van der Waals surface area contributed by atoms with Crippen LogP contribution in [0.3, 0.4) is 0 Å². The van der Waals surface area contributed by atoms with E-state index < -0.39 is 5.60 Å². The molecule has 0 bridgehead atoms. The fraction of sp³-hybridized carbons (Fsp3) is 0.429. The molecule has 1 saturated heterocycles. The summed E-state index contributed by atoms with van der Waals surface area (Å²) in [6, 6.07) is 5.49. The van der Waals surface area contributed by atoms with E-state index >= 15 is 0 Å². The number of ether oxygens (including phenoxy) is 1. The zero-order chi connectivity index (χ0) is 14.0. The number of fused-ring (bicyclic) bond motifs is 1. The fourth-order valence-electron chi connectivity index (χ4n) is 2.35. The van der Waals surface area contributed by atoms with Gasteiger partial charge in [-0.05, 0) is 18.2 Å². The molecule has 2 heterocycles. The van der Waals surface area contributed by atoms with Gasteiger partial charge in [0.05, 0.1) is 11.1 Å². The molecule has 2 aromatic rings. The van der Waals surface area contributed by atoms with E-state index in [1.807, 2.05) is 12.1 Å². The highest BCUT2D eigenvalue weighted by Gasteiger charge is 2.29. The van der Waals surface area contributed by atoms with Crippen molar-refractivity contribution in [3.8, 4) is 0 Å². The standard InChI is InChI=1S/C14H16ClN3O2/c15-10-1-2-11-12(7-10)17-9-18-13(11)16-8-14(19)3-5-20-6-4-14/h1-2,7,9,19H,3-6,8H2,(H,16,17,18). The van der Waals surface area contributed by atoms with Crippen LogP contribution in [0, 0.1) is 0 Å². The summed E-state index contributed by atoms with van der Waals surface area (Å²) < 4.78 is 5.27. The molecular weight excluding hydrogens is 278 g/mol. The topological polar surface area (TPSA) is 67.3 Å². The van der Waals surface area contributed by atoms with Gasteiger partial charge in [-0.3, -0.25) is 0 Å². The summed E-state index contributed by atoms with van der Waals surface area (Å²) in [7, 11) is 0. The normalized spacial score (nSPS) is 18.1. The number of rotatable bonds is 3. The Balaban J connectivity index is 1.80. The van der Waals surface area contributed by atoms with Gasteiger partial charge >= 0.3 is 0 Å². The van der Waals surface area contributed by atoms with Gasteiger partial charge in [0.15, 0.2) is 0 Å². The van der Waals surface area contributed by atoms with Gasteiger partial charge < -0.3 is 15.2 Å². The fourth-order valence-corrected chi connectivity index (χ4v) is 2.51. The van der Waals surface area contributed by atoms with Crippen molar-refractivity contribution in [3.05, 3.63) is 29.5 Å². The van der Waals surface area contributed by atoms with E-state index in [0.717, 1.165) is 10.9 Å². The summed E-state index contributed by atoms with van der Waals surface area (Å²) >= 11 is 5.96. The van der Waals surface area contributed by atoms with Gasteiger partial charge in [-0.25, -0.2) is 9.97 Å². The van der Waals surface area contributed by atoms with Crippen LogP contribution in [-0.4, -0.2) is 40.4 Å². The van der Waals surface area contributed by atoms with Gasteiger partial charge in [-0.15, -0.1) is 0 Å². The smallest absolute Gasteiger partial charge is 0.137 e. The first-order chi connectivity index (χ1) is 9.66. The molecule has 0 radical (unpaired) electrons. The zero-order valence-corrected chi connectivity index (χ0v) is 11.7. The number of anilines is 1. The van der Waals surface area contributed by atoms with Crippen molar-refractivity contribution in [2.45, 2.75) is 18.4 Å². The van der Waals surface area contributed by atoms with E-state index in [1.54, 1.807) is 6.07 Å². The highest BCUT2D eigenvalue weighted by molar-refractivity contribution is 6.31. The number of halogens is 1. The number of nitrogens with one attached hydrogen (secondary N) is 1. The summed E-state index contributed by atoms with van der Waals surface area (Å²) in [6.07, 6.45) is 2.76. The summed E-state index contributed by atoms with van der Waals surface area (Å²) in [6.45, 7) is 1.64. The average Bonchev–Trinajstić information content (AvgIpc) is 2.45. The van der Waals surface area contributed by atoms with E-state index in [1.165, 1.54) is 6.33 Å².